The summed E-state index contributed by atoms with van der Waals surface area (Å²) in [6.45, 7) is 6.62. The Bertz CT molecular complexity index is 554. The van der Waals surface area contributed by atoms with Gasteiger partial charge in [0.05, 0.1) is 5.92 Å². The first-order valence-electron chi connectivity index (χ1n) is 12.5. The number of carbonyl (C=O) groups excluding carboxylic acids is 1. The Hall–Kier alpha value is -1.31. The van der Waals surface area contributed by atoms with Crippen LogP contribution in [-0.4, -0.2) is 5.97 Å². The van der Waals surface area contributed by atoms with Gasteiger partial charge in [0, 0.05) is 0 Å². The molecule has 164 valence electrons. The van der Waals surface area contributed by atoms with Crippen molar-refractivity contribution in [3.8, 4) is 0 Å². The summed E-state index contributed by atoms with van der Waals surface area (Å²) in [4.78, 5) is 12.8. The van der Waals surface area contributed by atoms with Crippen molar-refractivity contribution in [2.45, 2.75) is 117 Å². The van der Waals surface area contributed by atoms with Crippen LogP contribution in [0.5, 0.6) is 0 Å². The van der Waals surface area contributed by atoms with Gasteiger partial charge in [-0.15, -0.1) is 0 Å². The lowest BCUT2D eigenvalue weighted by atomic mass is 9.80. The highest BCUT2D eigenvalue weighted by molar-refractivity contribution is 5.72. The predicted molar refractivity (Wildman–Crippen MR) is 123 cm³/mol. The van der Waals surface area contributed by atoms with Crippen molar-refractivity contribution in [1.29, 1.82) is 0 Å². The maximum atomic E-state index is 12.8. The monoisotopic (exact) mass is 400 g/mol. The Labute approximate surface area is 179 Å². The van der Waals surface area contributed by atoms with Crippen LogP contribution in [0.3, 0.4) is 0 Å². The van der Waals surface area contributed by atoms with Gasteiger partial charge in [0.2, 0.25) is 0 Å². The number of esters is 1. The largest absolute Gasteiger partial charge is 0.457 e. The van der Waals surface area contributed by atoms with E-state index in [2.05, 4.69) is 45.0 Å². The molecule has 2 heteroatoms. The van der Waals surface area contributed by atoms with Gasteiger partial charge in [-0.25, -0.2) is 0 Å². The van der Waals surface area contributed by atoms with E-state index in [1.807, 2.05) is 0 Å². The van der Waals surface area contributed by atoms with Gasteiger partial charge in [-0.2, -0.15) is 0 Å². The minimum atomic E-state index is -0.0982. The fraction of sp³-hybridized carbons (Fsp3) is 0.741. The van der Waals surface area contributed by atoms with E-state index in [9.17, 15) is 4.79 Å². The average molecular weight is 401 g/mol. The minimum Gasteiger partial charge on any atom is -0.457 e. The first-order chi connectivity index (χ1) is 14.2. The molecule has 2 nitrogen and oxygen atoms in total. The number of benzene rings is 1. The summed E-state index contributed by atoms with van der Waals surface area (Å²) >= 11 is 0. The molecule has 0 amide bonds. The molecule has 1 aliphatic carbocycles. The summed E-state index contributed by atoms with van der Waals surface area (Å²) < 4.78 is 5.97. The van der Waals surface area contributed by atoms with E-state index in [4.69, 9.17) is 4.74 Å². The first kappa shape index (κ1) is 24.0. The Kier molecular flexibility index (Phi) is 11.4. The molecule has 0 heterocycles. The number of hydrogen-bond donors (Lipinski definition) is 0. The molecule has 29 heavy (non-hydrogen) atoms. The van der Waals surface area contributed by atoms with Crippen LogP contribution < -0.4 is 0 Å². The molecule has 1 aromatic carbocycles. The van der Waals surface area contributed by atoms with Crippen molar-refractivity contribution in [2.75, 3.05) is 0 Å². The lowest BCUT2D eigenvalue weighted by molar-refractivity contribution is -0.156. The number of aryl methyl sites for hydroxylation is 1. The number of ether oxygens (including phenoxy) is 1. The molecule has 0 spiro atoms. The van der Waals surface area contributed by atoms with Crippen LogP contribution in [0.1, 0.15) is 121 Å². The van der Waals surface area contributed by atoms with E-state index in [-0.39, 0.29) is 18.0 Å². The van der Waals surface area contributed by atoms with E-state index in [1.54, 1.807) is 0 Å². The fourth-order valence-electron chi connectivity index (χ4n) is 4.65. The molecule has 0 N–H and O–H groups in total. The smallest absolute Gasteiger partial charge is 0.309 e. The molecule has 0 aromatic heterocycles. The third-order valence-corrected chi connectivity index (χ3v) is 6.70. The lowest BCUT2D eigenvalue weighted by Crippen LogP contribution is -2.25. The van der Waals surface area contributed by atoms with E-state index < -0.39 is 0 Å². The van der Waals surface area contributed by atoms with Crippen LogP contribution in [0, 0.1) is 11.8 Å². The van der Waals surface area contributed by atoms with Crippen molar-refractivity contribution >= 4 is 5.97 Å². The molecular formula is C27H44O2. The Balaban J connectivity index is 1.78. The predicted octanol–water partition coefficient (Wildman–Crippen LogP) is 8.19. The maximum absolute atomic E-state index is 12.8. The molecule has 1 fully saturated rings. The molecular weight excluding hydrogens is 356 g/mol. The second-order valence-electron chi connectivity index (χ2n) is 9.10. The van der Waals surface area contributed by atoms with Gasteiger partial charge in [-0.05, 0) is 62.0 Å². The zero-order valence-corrected chi connectivity index (χ0v) is 19.3. The zero-order chi connectivity index (χ0) is 20.9. The summed E-state index contributed by atoms with van der Waals surface area (Å²) in [5.74, 6) is 0.981. The molecule has 0 radical (unpaired) electrons. The summed E-state index contributed by atoms with van der Waals surface area (Å²) in [6.07, 6.45) is 16.8. The lowest BCUT2D eigenvalue weighted by Gasteiger charge is -2.28. The Morgan fingerprint density at radius 1 is 0.897 bits per heavy atom. The van der Waals surface area contributed by atoms with Crippen molar-refractivity contribution < 1.29 is 9.53 Å². The molecule has 1 aromatic rings. The van der Waals surface area contributed by atoms with Crippen LogP contribution in [0.2, 0.25) is 0 Å². The first-order valence-corrected chi connectivity index (χ1v) is 12.5. The van der Waals surface area contributed by atoms with E-state index in [0.29, 0.717) is 0 Å². The molecule has 1 unspecified atom stereocenters. The highest BCUT2D eigenvalue weighted by Crippen LogP contribution is 2.34. The molecule has 1 saturated carbocycles. The summed E-state index contributed by atoms with van der Waals surface area (Å²) in [6, 6.07) is 8.78. The second kappa shape index (κ2) is 13.8. The highest BCUT2D eigenvalue weighted by Gasteiger charge is 2.28. The second-order valence-corrected chi connectivity index (χ2v) is 9.10. The third kappa shape index (κ3) is 8.52. The summed E-state index contributed by atoms with van der Waals surface area (Å²) in [5.41, 5.74) is 2.54. The van der Waals surface area contributed by atoms with E-state index >= 15 is 0 Å². The highest BCUT2D eigenvalue weighted by atomic mass is 16.5. The van der Waals surface area contributed by atoms with Gasteiger partial charge in [-0.3, -0.25) is 4.79 Å². The van der Waals surface area contributed by atoms with Crippen LogP contribution in [-0.2, 0) is 16.0 Å². The molecule has 1 atom stereocenters. The molecule has 1 aliphatic rings. The third-order valence-electron chi connectivity index (χ3n) is 6.70. The topological polar surface area (TPSA) is 26.3 Å². The standard InChI is InChI=1S/C27H44O2/c1-4-7-9-11-13-23-14-18-24(19-15-23)26(6-3)29-27(28)25-20-16-22(17-21-25)12-10-8-5-2/h14-15,18-19,22,25-26H,4-13,16-17,20-21H2,1-3H3. The summed E-state index contributed by atoms with van der Waals surface area (Å²) in [5, 5.41) is 0. The summed E-state index contributed by atoms with van der Waals surface area (Å²) in [7, 11) is 0. The zero-order valence-electron chi connectivity index (χ0n) is 19.3. The number of carbonyl (C=O) groups is 1. The minimum absolute atomic E-state index is 0.0347. The fourth-order valence-corrected chi connectivity index (χ4v) is 4.65. The van der Waals surface area contributed by atoms with Crippen LogP contribution in [0.15, 0.2) is 24.3 Å². The number of unbranched alkanes of at least 4 members (excludes halogenated alkanes) is 5. The van der Waals surface area contributed by atoms with Crippen molar-refractivity contribution in [3.63, 3.8) is 0 Å². The molecule has 0 saturated heterocycles. The van der Waals surface area contributed by atoms with Gasteiger partial charge in [0.1, 0.15) is 6.10 Å². The van der Waals surface area contributed by atoms with Crippen molar-refractivity contribution in [2.24, 2.45) is 11.8 Å². The van der Waals surface area contributed by atoms with Gasteiger partial charge in [0.15, 0.2) is 0 Å². The van der Waals surface area contributed by atoms with Crippen molar-refractivity contribution in [3.05, 3.63) is 35.4 Å². The van der Waals surface area contributed by atoms with Crippen molar-refractivity contribution in [1.82, 2.24) is 0 Å². The normalized spacial score (nSPS) is 20.4. The van der Waals surface area contributed by atoms with Gasteiger partial charge >= 0.3 is 5.97 Å². The molecule has 0 aliphatic heterocycles. The number of hydrogen-bond acceptors (Lipinski definition) is 2. The molecule has 2 rings (SSSR count). The van der Waals surface area contributed by atoms with Crippen LogP contribution in [0.25, 0.3) is 0 Å². The van der Waals surface area contributed by atoms with Crippen LogP contribution in [0.4, 0.5) is 0 Å². The number of rotatable bonds is 13. The van der Waals surface area contributed by atoms with Gasteiger partial charge in [0.25, 0.3) is 0 Å². The Morgan fingerprint density at radius 3 is 2.17 bits per heavy atom. The van der Waals surface area contributed by atoms with E-state index in [0.717, 1.165) is 37.2 Å². The van der Waals surface area contributed by atoms with Gasteiger partial charge < -0.3 is 4.74 Å². The Morgan fingerprint density at radius 2 is 1.55 bits per heavy atom. The van der Waals surface area contributed by atoms with E-state index in [1.165, 1.54) is 69.8 Å². The van der Waals surface area contributed by atoms with Crippen LogP contribution >= 0.6 is 0 Å². The van der Waals surface area contributed by atoms with Gasteiger partial charge in [-0.1, -0.05) is 90.0 Å². The molecule has 0 bridgehead atoms. The SMILES string of the molecule is CCCCCCc1ccc(C(CC)OC(=O)C2CCC(CCCCC)CC2)cc1. The quantitative estimate of drug-likeness (QED) is 0.246. The maximum Gasteiger partial charge on any atom is 0.309 e. The average Bonchev–Trinajstić information content (AvgIpc) is 2.76.